The van der Waals surface area contributed by atoms with Gasteiger partial charge in [0.05, 0.1) is 25.4 Å². The molecule has 0 heterocycles. The van der Waals surface area contributed by atoms with Gasteiger partial charge in [0.25, 0.3) is 0 Å². The summed E-state index contributed by atoms with van der Waals surface area (Å²) in [5, 5.41) is 23.3. The third-order valence-electron chi connectivity index (χ3n) is 18.4. The molecule has 86 heavy (non-hydrogen) atoms. The number of hydrogen-bond acceptors (Lipinski definition) is 5. The molecule has 0 bridgehead atoms. The van der Waals surface area contributed by atoms with Gasteiger partial charge in [0, 0.05) is 12.8 Å². The van der Waals surface area contributed by atoms with E-state index in [1.807, 2.05) is 6.08 Å². The maximum Gasteiger partial charge on any atom is 0.305 e. The standard InChI is InChI=1S/C80H153NO5/c1-3-5-7-9-11-13-15-17-19-21-23-24-31-34-37-40-44-48-52-56-60-64-68-72-78(83)77(76-82)81-79(84)73-69-65-61-57-53-49-45-41-38-35-32-29-27-25-26-28-30-33-36-39-43-47-51-55-59-63-67-71-75-86-80(85)74-70-66-62-58-54-50-46-42-22-20-18-16-14-12-10-8-6-4-2/h20,22,25-26,68,72,77-78,82-83H,3-19,21,23-24,27-67,69-71,73-76H2,1-2H3,(H,81,84)/b22-20-,26-25-,72-68+. The fourth-order valence-corrected chi connectivity index (χ4v) is 12.4. The summed E-state index contributed by atoms with van der Waals surface area (Å²) in [6, 6.07) is -0.630. The molecule has 0 aliphatic heterocycles. The number of hydrogen-bond donors (Lipinski definition) is 3. The lowest BCUT2D eigenvalue weighted by atomic mass is 10.0. The Morgan fingerprint density at radius 3 is 0.826 bits per heavy atom. The summed E-state index contributed by atoms with van der Waals surface area (Å²) in [4.78, 5) is 24.7. The van der Waals surface area contributed by atoms with Crippen LogP contribution in [0.2, 0.25) is 0 Å². The average Bonchev–Trinajstić information content (AvgIpc) is 3.54. The number of amides is 1. The second kappa shape index (κ2) is 75.5. The predicted octanol–water partition coefficient (Wildman–Crippen LogP) is 25.8. The number of aliphatic hydroxyl groups excluding tert-OH is 2. The highest BCUT2D eigenvalue weighted by atomic mass is 16.5. The predicted molar refractivity (Wildman–Crippen MR) is 379 cm³/mol. The monoisotopic (exact) mass is 1210 g/mol. The molecule has 0 aliphatic rings. The number of esters is 1. The topological polar surface area (TPSA) is 95.9 Å². The molecule has 6 nitrogen and oxygen atoms in total. The minimum atomic E-state index is -0.846. The van der Waals surface area contributed by atoms with Crippen LogP contribution in [0.15, 0.2) is 36.5 Å². The van der Waals surface area contributed by atoms with Gasteiger partial charge in [0.2, 0.25) is 5.91 Å². The Morgan fingerprint density at radius 2 is 0.547 bits per heavy atom. The van der Waals surface area contributed by atoms with Crippen LogP contribution in [0.5, 0.6) is 0 Å². The van der Waals surface area contributed by atoms with E-state index in [2.05, 4.69) is 43.5 Å². The van der Waals surface area contributed by atoms with Crippen molar-refractivity contribution in [3.8, 4) is 0 Å². The first-order valence-electron chi connectivity index (χ1n) is 39.3. The van der Waals surface area contributed by atoms with Crippen molar-refractivity contribution in [2.75, 3.05) is 13.2 Å². The van der Waals surface area contributed by atoms with Gasteiger partial charge in [-0.15, -0.1) is 0 Å². The number of carbonyl (C=O) groups excluding carboxylic acids is 2. The van der Waals surface area contributed by atoms with Gasteiger partial charge in [-0.3, -0.25) is 9.59 Å². The Bertz CT molecular complexity index is 1390. The maximum absolute atomic E-state index is 12.5. The number of allylic oxidation sites excluding steroid dienone is 5. The van der Waals surface area contributed by atoms with Gasteiger partial charge in [0.1, 0.15) is 0 Å². The van der Waals surface area contributed by atoms with Crippen LogP contribution in [0.1, 0.15) is 438 Å². The molecule has 0 fully saturated rings. The van der Waals surface area contributed by atoms with Crippen LogP contribution >= 0.6 is 0 Å². The van der Waals surface area contributed by atoms with Gasteiger partial charge in [-0.25, -0.2) is 0 Å². The molecule has 3 N–H and O–H groups in total. The highest BCUT2D eigenvalue weighted by Gasteiger charge is 2.18. The van der Waals surface area contributed by atoms with Crippen molar-refractivity contribution in [1.29, 1.82) is 0 Å². The molecule has 0 aliphatic carbocycles. The first kappa shape index (κ1) is 84.1. The summed E-state index contributed by atoms with van der Waals surface area (Å²) in [6.45, 7) is 4.95. The van der Waals surface area contributed by atoms with E-state index < -0.39 is 12.1 Å². The van der Waals surface area contributed by atoms with E-state index in [4.69, 9.17) is 4.74 Å². The minimum Gasteiger partial charge on any atom is -0.466 e. The van der Waals surface area contributed by atoms with E-state index >= 15 is 0 Å². The van der Waals surface area contributed by atoms with E-state index in [1.54, 1.807) is 6.08 Å². The lowest BCUT2D eigenvalue weighted by Crippen LogP contribution is -2.45. The summed E-state index contributed by atoms with van der Waals surface area (Å²) in [6.07, 6.45) is 98.3. The Hall–Kier alpha value is -1.92. The van der Waals surface area contributed by atoms with Crippen molar-refractivity contribution >= 4 is 11.9 Å². The van der Waals surface area contributed by atoms with Crippen molar-refractivity contribution in [2.24, 2.45) is 0 Å². The summed E-state index contributed by atoms with van der Waals surface area (Å²) >= 11 is 0. The summed E-state index contributed by atoms with van der Waals surface area (Å²) in [5.41, 5.74) is 0. The third-order valence-corrected chi connectivity index (χ3v) is 18.4. The summed E-state index contributed by atoms with van der Waals surface area (Å²) in [5.74, 6) is -0.0499. The van der Waals surface area contributed by atoms with Gasteiger partial charge < -0.3 is 20.3 Å². The van der Waals surface area contributed by atoms with Crippen molar-refractivity contribution in [1.82, 2.24) is 5.32 Å². The van der Waals surface area contributed by atoms with E-state index in [1.165, 1.54) is 366 Å². The average molecular weight is 1210 g/mol. The smallest absolute Gasteiger partial charge is 0.305 e. The van der Waals surface area contributed by atoms with E-state index in [0.29, 0.717) is 19.4 Å². The number of unbranched alkanes of at least 4 members (excludes halogenated alkanes) is 59. The van der Waals surface area contributed by atoms with Crippen molar-refractivity contribution < 1.29 is 24.5 Å². The van der Waals surface area contributed by atoms with Gasteiger partial charge in [-0.05, 0) is 83.5 Å². The molecule has 0 aromatic heterocycles. The fourth-order valence-electron chi connectivity index (χ4n) is 12.4. The summed E-state index contributed by atoms with van der Waals surface area (Å²) in [7, 11) is 0. The minimum absolute atomic E-state index is 0.0134. The highest BCUT2D eigenvalue weighted by Crippen LogP contribution is 2.19. The number of carbonyl (C=O) groups is 2. The van der Waals surface area contributed by atoms with Gasteiger partial charge in [-0.2, -0.15) is 0 Å². The van der Waals surface area contributed by atoms with Crippen LogP contribution in [0, 0.1) is 0 Å². The van der Waals surface area contributed by atoms with E-state index in [-0.39, 0.29) is 18.5 Å². The lowest BCUT2D eigenvalue weighted by Gasteiger charge is -2.20. The quantitative estimate of drug-likeness (QED) is 0.0320. The molecular formula is C80H153NO5. The zero-order chi connectivity index (χ0) is 62.0. The van der Waals surface area contributed by atoms with E-state index in [0.717, 1.165) is 44.9 Å². The second-order valence-corrected chi connectivity index (χ2v) is 27.0. The number of nitrogens with one attached hydrogen (secondary N) is 1. The SMILES string of the molecule is CCCCCCCCC/C=C\CCCCCCCCCC(=O)OCCCCCCCCCCCCCC/C=C\CCCCCCCCCCCCCCC(=O)NC(CO)C(O)/C=C/CCCCCCCCCCCCCCCCCCCCCCC. The largest absolute Gasteiger partial charge is 0.466 e. The Labute approximate surface area is 538 Å². The van der Waals surface area contributed by atoms with Crippen LogP contribution in [0.25, 0.3) is 0 Å². The Balaban J connectivity index is 3.39. The molecule has 0 spiro atoms. The molecule has 0 aromatic carbocycles. The Kier molecular flexibility index (Phi) is 73.9. The third kappa shape index (κ3) is 71.2. The fraction of sp³-hybridized carbons (Fsp3) is 0.900. The second-order valence-electron chi connectivity index (χ2n) is 27.0. The molecule has 0 aromatic rings. The Morgan fingerprint density at radius 1 is 0.314 bits per heavy atom. The number of ether oxygens (including phenoxy) is 1. The number of rotatable bonds is 74. The molecule has 1 amide bonds. The summed E-state index contributed by atoms with van der Waals surface area (Å²) < 4.78 is 5.51. The lowest BCUT2D eigenvalue weighted by molar-refractivity contribution is -0.143. The van der Waals surface area contributed by atoms with Crippen molar-refractivity contribution in [3.05, 3.63) is 36.5 Å². The first-order valence-corrected chi connectivity index (χ1v) is 39.3. The van der Waals surface area contributed by atoms with Gasteiger partial charge >= 0.3 is 5.97 Å². The van der Waals surface area contributed by atoms with Crippen molar-refractivity contribution in [3.63, 3.8) is 0 Å². The van der Waals surface area contributed by atoms with E-state index in [9.17, 15) is 19.8 Å². The molecule has 0 radical (unpaired) electrons. The molecule has 2 atom stereocenters. The zero-order valence-corrected chi connectivity index (χ0v) is 58.3. The number of aliphatic hydroxyl groups is 2. The zero-order valence-electron chi connectivity index (χ0n) is 58.3. The van der Waals surface area contributed by atoms with Crippen LogP contribution in [-0.4, -0.2) is 47.4 Å². The highest BCUT2D eigenvalue weighted by molar-refractivity contribution is 5.76. The van der Waals surface area contributed by atoms with Crippen LogP contribution in [0.4, 0.5) is 0 Å². The molecule has 2 unspecified atom stereocenters. The molecular weight excluding hydrogens is 1050 g/mol. The molecule has 0 saturated heterocycles. The molecule has 0 rings (SSSR count). The van der Waals surface area contributed by atoms with Gasteiger partial charge in [0.15, 0.2) is 0 Å². The van der Waals surface area contributed by atoms with Crippen LogP contribution in [-0.2, 0) is 14.3 Å². The molecule has 0 saturated carbocycles. The maximum atomic E-state index is 12.5. The molecule has 6 heteroatoms. The molecule has 508 valence electrons. The van der Waals surface area contributed by atoms with Crippen molar-refractivity contribution in [2.45, 2.75) is 450 Å². The van der Waals surface area contributed by atoms with Gasteiger partial charge in [-0.1, -0.05) is 378 Å². The van der Waals surface area contributed by atoms with Crippen LogP contribution < -0.4 is 5.32 Å². The normalized spacial score (nSPS) is 12.7. The first-order chi connectivity index (χ1) is 42.5. The van der Waals surface area contributed by atoms with Crippen LogP contribution in [0.3, 0.4) is 0 Å².